The van der Waals surface area contributed by atoms with Crippen molar-refractivity contribution in [3.63, 3.8) is 0 Å². The van der Waals surface area contributed by atoms with Gasteiger partial charge in [-0.3, -0.25) is 4.79 Å². The number of hydrogen-bond acceptors (Lipinski definition) is 3. The van der Waals surface area contributed by atoms with Crippen LogP contribution in [0.25, 0.3) is 0 Å². The number of fused-ring (bicyclic) bond motifs is 2. The lowest BCUT2D eigenvalue weighted by molar-refractivity contribution is -0.137. The summed E-state index contributed by atoms with van der Waals surface area (Å²) < 4.78 is 6.03. The molecule has 4 atom stereocenters. The van der Waals surface area contributed by atoms with Crippen molar-refractivity contribution in [3.05, 3.63) is 12.2 Å². The fourth-order valence-corrected chi connectivity index (χ4v) is 4.21. The summed E-state index contributed by atoms with van der Waals surface area (Å²) in [6.07, 6.45) is 13.0. The van der Waals surface area contributed by atoms with Gasteiger partial charge in [-0.05, 0) is 55.9 Å². The van der Waals surface area contributed by atoms with Crippen molar-refractivity contribution in [2.75, 3.05) is 12.0 Å². The molecular weight excluding hydrogens is 260 g/mol. The number of ether oxygens (including phenoxy) is 1. The number of allylic oxidation sites excluding steroid dienone is 2. The van der Waals surface area contributed by atoms with Gasteiger partial charge in [-0.1, -0.05) is 12.2 Å². The van der Waals surface area contributed by atoms with Crippen LogP contribution < -0.4 is 0 Å². The predicted molar refractivity (Wildman–Crippen MR) is 78.5 cm³/mol. The molecule has 2 saturated heterocycles. The van der Waals surface area contributed by atoms with Gasteiger partial charge in [0.2, 0.25) is 0 Å². The molecule has 108 valence electrons. The maximum atomic E-state index is 10.4. The van der Waals surface area contributed by atoms with Gasteiger partial charge in [-0.2, -0.15) is 11.8 Å². The van der Waals surface area contributed by atoms with Gasteiger partial charge in [0, 0.05) is 6.42 Å². The molecule has 0 spiro atoms. The van der Waals surface area contributed by atoms with Gasteiger partial charge in [0.15, 0.2) is 0 Å². The van der Waals surface area contributed by atoms with Crippen molar-refractivity contribution in [2.24, 2.45) is 11.8 Å². The Labute approximate surface area is 119 Å². The van der Waals surface area contributed by atoms with Gasteiger partial charge in [0.05, 0.1) is 12.2 Å². The van der Waals surface area contributed by atoms with Crippen LogP contribution in [-0.2, 0) is 9.53 Å². The minimum atomic E-state index is -0.699. The predicted octanol–water partition coefficient (Wildman–Crippen LogP) is 3.34. The molecule has 2 fully saturated rings. The van der Waals surface area contributed by atoms with E-state index in [9.17, 15) is 4.79 Å². The van der Waals surface area contributed by atoms with Crippen molar-refractivity contribution in [2.45, 2.75) is 50.7 Å². The van der Waals surface area contributed by atoms with E-state index < -0.39 is 5.97 Å². The molecule has 2 heterocycles. The molecule has 3 nitrogen and oxygen atoms in total. The number of carbonyl (C=O) groups is 1. The Bertz CT molecular complexity index is 329. The van der Waals surface area contributed by atoms with Crippen LogP contribution in [0.2, 0.25) is 0 Å². The smallest absolute Gasteiger partial charge is 0.303 e. The maximum absolute atomic E-state index is 10.4. The summed E-state index contributed by atoms with van der Waals surface area (Å²) in [7, 11) is 0. The minimum absolute atomic E-state index is 0.274. The van der Waals surface area contributed by atoms with E-state index in [0.29, 0.717) is 18.1 Å². The van der Waals surface area contributed by atoms with E-state index in [1.807, 2.05) is 11.8 Å². The first-order chi connectivity index (χ1) is 9.22. The molecule has 0 aromatic carbocycles. The number of aliphatic carboxylic acids is 1. The van der Waals surface area contributed by atoms with E-state index in [-0.39, 0.29) is 6.42 Å². The van der Waals surface area contributed by atoms with Crippen molar-refractivity contribution in [3.8, 4) is 0 Å². The van der Waals surface area contributed by atoms with Gasteiger partial charge in [0.25, 0.3) is 0 Å². The summed E-state index contributed by atoms with van der Waals surface area (Å²) in [6, 6.07) is 0. The average Bonchev–Trinajstić information content (AvgIpc) is 2.95. The normalized spacial score (nSPS) is 33.3. The second-order valence-corrected chi connectivity index (χ2v) is 6.48. The third-order valence-corrected chi connectivity index (χ3v) is 5.00. The number of unbranched alkanes of at least 4 members (excludes halogenated alkanes) is 1. The highest BCUT2D eigenvalue weighted by molar-refractivity contribution is 7.98. The van der Waals surface area contributed by atoms with E-state index in [1.165, 1.54) is 18.6 Å². The second kappa shape index (κ2) is 7.34. The Balaban J connectivity index is 1.72. The Morgan fingerprint density at radius 3 is 2.74 bits per heavy atom. The van der Waals surface area contributed by atoms with Gasteiger partial charge < -0.3 is 9.84 Å². The standard InChI is InChI=1S/C15H24O3S/c1-19-10-12-11(13-8-9-14(12)18-13)6-4-2-3-5-7-15(16)17/h2,4,11-14H,3,5-10H2,1H3,(H,16,17)/b4-2-. The molecule has 19 heavy (non-hydrogen) atoms. The zero-order chi connectivity index (χ0) is 13.7. The lowest BCUT2D eigenvalue weighted by Gasteiger charge is -2.26. The maximum Gasteiger partial charge on any atom is 0.303 e. The summed E-state index contributed by atoms with van der Waals surface area (Å²) in [6.45, 7) is 0. The van der Waals surface area contributed by atoms with Crippen LogP contribution in [0.5, 0.6) is 0 Å². The van der Waals surface area contributed by atoms with Gasteiger partial charge >= 0.3 is 5.97 Å². The molecule has 0 aromatic rings. The summed E-state index contributed by atoms with van der Waals surface area (Å²) in [5, 5.41) is 8.56. The van der Waals surface area contributed by atoms with Crippen LogP contribution in [-0.4, -0.2) is 35.3 Å². The zero-order valence-electron chi connectivity index (χ0n) is 11.6. The van der Waals surface area contributed by atoms with Gasteiger partial charge in [-0.15, -0.1) is 0 Å². The summed E-state index contributed by atoms with van der Waals surface area (Å²) in [5.41, 5.74) is 0. The van der Waals surface area contributed by atoms with Crippen LogP contribution in [0.1, 0.15) is 38.5 Å². The average molecular weight is 284 g/mol. The van der Waals surface area contributed by atoms with E-state index in [0.717, 1.165) is 25.2 Å². The Hall–Kier alpha value is -0.480. The SMILES string of the molecule is CSCC1C2CCC(O2)C1C/C=C\CCCC(=O)O. The number of rotatable bonds is 8. The highest BCUT2D eigenvalue weighted by atomic mass is 32.2. The minimum Gasteiger partial charge on any atom is -0.481 e. The lowest BCUT2D eigenvalue weighted by atomic mass is 9.78. The molecule has 4 unspecified atom stereocenters. The first-order valence-electron chi connectivity index (χ1n) is 7.23. The number of thioether (sulfide) groups is 1. The third kappa shape index (κ3) is 3.99. The molecule has 2 aliphatic heterocycles. The monoisotopic (exact) mass is 284 g/mol. The Kier molecular flexibility index (Phi) is 5.76. The topological polar surface area (TPSA) is 46.5 Å². The molecular formula is C15H24O3S. The van der Waals surface area contributed by atoms with Gasteiger partial charge in [-0.25, -0.2) is 0 Å². The van der Waals surface area contributed by atoms with Crippen molar-refractivity contribution in [1.82, 2.24) is 0 Å². The summed E-state index contributed by atoms with van der Waals surface area (Å²) >= 11 is 1.92. The van der Waals surface area contributed by atoms with E-state index >= 15 is 0 Å². The largest absolute Gasteiger partial charge is 0.481 e. The molecule has 0 amide bonds. The molecule has 2 rings (SSSR count). The summed E-state index contributed by atoms with van der Waals surface area (Å²) in [4.78, 5) is 10.4. The Morgan fingerprint density at radius 1 is 1.32 bits per heavy atom. The van der Waals surface area contributed by atoms with Gasteiger partial charge in [0.1, 0.15) is 0 Å². The quantitative estimate of drug-likeness (QED) is 0.548. The molecule has 2 aliphatic rings. The highest BCUT2D eigenvalue weighted by Gasteiger charge is 2.47. The lowest BCUT2D eigenvalue weighted by Crippen LogP contribution is -2.28. The third-order valence-electron chi connectivity index (χ3n) is 4.29. The fourth-order valence-electron chi connectivity index (χ4n) is 3.36. The number of carboxylic acids is 1. The Morgan fingerprint density at radius 2 is 2.05 bits per heavy atom. The molecule has 0 radical (unpaired) electrons. The first-order valence-corrected chi connectivity index (χ1v) is 8.63. The fraction of sp³-hybridized carbons (Fsp3) is 0.800. The van der Waals surface area contributed by atoms with Crippen LogP contribution in [0.15, 0.2) is 12.2 Å². The highest BCUT2D eigenvalue weighted by Crippen LogP contribution is 2.46. The first kappa shape index (κ1) is 14.9. The molecule has 0 aromatic heterocycles. The van der Waals surface area contributed by atoms with Crippen LogP contribution in [0.4, 0.5) is 0 Å². The van der Waals surface area contributed by atoms with E-state index in [2.05, 4.69) is 18.4 Å². The van der Waals surface area contributed by atoms with Crippen LogP contribution in [0, 0.1) is 11.8 Å². The van der Waals surface area contributed by atoms with Crippen molar-refractivity contribution >= 4 is 17.7 Å². The van der Waals surface area contributed by atoms with Crippen molar-refractivity contribution in [1.29, 1.82) is 0 Å². The van der Waals surface area contributed by atoms with E-state index in [1.54, 1.807) is 0 Å². The van der Waals surface area contributed by atoms with Crippen molar-refractivity contribution < 1.29 is 14.6 Å². The molecule has 0 aliphatic carbocycles. The number of carboxylic acid groups (broad SMARTS) is 1. The van der Waals surface area contributed by atoms with Crippen LogP contribution >= 0.6 is 11.8 Å². The number of hydrogen-bond donors (Lipinski definition) is 1. The van der Waals surface area contributed by atoms with Crippen LogP contribution in [0.3, 0.4) is 0 Å². The van der Waals surface area contributed by atoms with E-state index in [4.69, 9.17) is 9.84 Å². The summed E-state index contributed by atoms with van der Waals surface area (Å²) in [5.74, 6) is 1.91. The molecule has 0 saturated carbocycles. The molecule has 4 heteroatoms. The zero-order valence-corrected chi connectivity index (χ0v) is 12.4. The molecule has 2 bridgehead atoms. The second-order valence-electron chi connectivity index (χ2n) is 5.57. The molecule has 1 N–H and O–H groups in total.